The topological polar surface area (TPSA) is 21.3 Å². The maximum absolute atomic E-state index is 5.68. The lowest BCUT2D eigenvalue weighted by molar-refractivity contribution is 0.0983. The van der Waals surface area contributed by atoms with Crippen LogP contribution in [0.3, 0.4) is 0 Å². The zero-order chi connectivity index (χ0) is 12.8. The normalized spacial score (nSPS) is 12.9. The lowest BCUT2D eigenvalue weighted by atomic mass is 10.1. The Morgan fingerprint density at radius 2 is 1.71 bits per heavy atom. The lowest BCUT2D eigenvalue weighted by Crippen LogP contribution is -2.15. The molecule has 2 nitrogen and oxygen atoms in total. The van der Waals surface area contributed by atoms with Crippen molar-refractivity contribution in [1.82, 2.24) is 5.32 Å². The first-order chi connectivity index (χ1) is 8.31. The molecule has 0 bridgehead atoms. The molecule has 0 heterocycles. The number of nitrogens with one attached hydrogen (secondary N) is 1. The van der Waals surface area contributed by atoms with Gasteiger partial charge in [0, 0.05) is 13.2 Å². The molecule has 0 aliphatic carbocycles. The van der Waals surface area contributed by atoms with Gasteiger partial charge in [0.05, 0.1) is 0 Å². The van der Waals surface area contributed by atoms with E-state index in [1.165, 1.54) is 58.0 Å². The smallest absolute Gasteiger partial charge is 0.0491 e. The number of rotatable bonds is 13. The van der Waals surface area contributed by atoms with Gasteiger partial charge in [-0.05, 0) is 44.7 Å². The standard InChI is InChI=1S/C15H33NO/c1-4-10-15(3)14-17-13-9-7-6-8-12-16-11-5-2/h15-16H,4-14H2,1-3H3. The molecule has 0 saturated carbocycles. The summed E-state index contributed by atoms with van der Waals surface area (Å²) in [4.78, 5) is 0. The molecule has 0 amide bonds. The summed E-state index contributed by atoms with van der Waals surface area (Å²) in [7, 11) is 0. The molecular weight excluding hydrogens is 210 g/mol. The second-order valence-electron chi connectivity index (χ2n) is 5.13. The van der Waals surface area contributed by atoms with Gasteiger partial charge in [-0.1, -0.05) is 40.0 Å². The molecule has 0 aromatic carbocycles. The fourth-order valence-electron chi connectivity index (χ4n) is 1.97. The van der Waals surface area contributed by atoms with Crippen LogP contribution >= 0.6 is 0 Å². The SMILES string of the molecule is CCCNCCCCCCOCC(C)CCC. The molecular formula is C15H33NO. The van der Waals surface area contributed by atoms with E-state index >= 15 is 0 Å². The summed E-state index contributed by atoms with van der Waals surface area (Å²) in [5.74, 6) is 0.734. The fraction of sp³-hybridized carbons (Fsp3) is 1.00. The average molecular weight is 243 g/mol. The van der Waals surface area contributed by atoms with Gasteiger partial charge in [0.2, 0.25) is 0 Å². The number of ether oxygens (including phenoxy) is 1. The molecule has 0 saturated heterocycles. The average Bonchev–Trinajstić information content (AvgIpc) is 2.32. The second-order valence-corrected chi connectivity index (χ2v) is 5.13. The Hall–Kier alpha value is -0.0800. The first kappa shape index (κ1) is 16.9. The minimum absolute atomic E-state index is 0.734. The van der Waals surface area contributed by atoms with E-state index in [-0.39, 0.29) is 0 Å². The first-order valence-electron chi connectivity index (χ1n) is 7.59. The van der Waals surface area contributed by atoms with Crippen molar-refractivity contribution in [3.63, 3.8) is 0 Å². The molecule has 1 N–H and O–H groups in total. The largest absolute Gasteiger partial charge is 0.381 e. The van der Waals surface area contributed by atoms with Crippen molar-refractivity contribution in [1.29, 1.82) is 0 Å². The van der Waals surface area contributed by atoms with Gasteiger partial charge in [-0.25, -0.2) is 0 Å². The third-order valence-corrected chi connectivity index (χ3v) is 3.00. The minimum atomic E-state index is 0.734. The second kappa shape index (κ2) is 14.0. The van der Waals surface area contributed by atoms with Gasteiger partial charge < -0.3 is 10.1 Å². The summed E-state index contributed by atoms with van der Waals surface area (Å²) < 4.78 is 5.68. The van der Waals surface area contributed by atoms with Crippen molar-refractivity contribution in [3.05, 3.63) is 0 Å². The zero-order valence-corrected chi connectivity index (χ0v) is 12.3. The van der Waals surface area contributed by atoms with E-state index in [0.29, 0.717) is 0 Å². The number of hydrogen-bond donors (Lipinski definition) is 1. The van der Waals surface area contributed by atoms with Crippen LogP contribution in [0.25, 0.3) is 0 Å². The summed E-state index contributed by atoms with van der Waals surface area (Å²) in [5.41, 5.74) is 0. The first-order valence-corrected chi connectivity index (χ1v) is 7.59. The van der Waals surface area contributed by atoms with Gasteiger partial charge in [0.1, 0.15) is 0 Å². The van der Waals surface area contributed by atoms with Crippen molar-refractivity contribution in [2.75, 3.05) is 26.3 Å². The van der Waals surface area contributed by atoms with Gasteiger partial charge in [-0.2, -0.15) is 0 Å². The molecule has 1 unspecified atom stereocenters. The van der Waals surface area contributed by atoms with Crippen molar-refractivity contribution >= 4 is 0 Å². The molecule has 0 aliphatic heterocycles. The molecule has 0 fully saturated rings. The van der Waals surface area contributed by atoms with Crippen LogP contribution < -0.4 is 5.32 Å². The van der Waals surface area contributed by atoms with E-state index in [4.69, 9.17) is 4.74 Å². The molecule has 17 heavy (non-hydrogen) atoms. The summed E-state index contributed by atoms with van der Waals surface area (Å²) in [6.07, 6.45) is 9.00. The predicted octanol–water partition coefficient (Wildman–Crippen LogP) is 4.00. The quantitative estimate of drug-likeness (QED) is 0.494. The number of unbranched alkanes of at least 4 members (excludes halogenated alkanes) is 3. The Morgan fingerprint density at radius 3 is 2.41 bits per heavy atom. The van der Waals surface area contributed by atoms with Crippen LogP contribution in [-0.2, 0) is 4.74 Å². The highest BCUT2D eigenvalue weighted by molar-refractivity contribution is 4.51. The van der Waals surface area contributed by atoms with Gasteiger partial charge >= 0.3 is 0 Å². The summed E-state index contributed by atoms with van der Waals surface area (Å²) in [5, 5.41) is 3.43. The summed E-state index contributed by atoms with van der Waals surface area (Å²) in [6.45, 7) is 11.0. The third-order valence-electron chi connectivity index (χ3n) is 3.00. The molecule has 2 heteroatoms. The monoisotopic (exact) mass is 243 g/mol. The lowest BCUT2D eigenvalue weighted by Gasteiger charge is -2.10. The zero-order valence-electron chi connectivity index (χ0n) is 12.3. The van der Waals surface area contributed by atoms with E-state index in [0.717, 1.165) is 19.1 Å². The number of hydrogen-bond acceptors (Lipinski definition) is 2. The van der Waals surface area contributed by atoms with Crippen LogP contribution in [0, 0.1) is 5.92 Å². The Labute approximate surface area is 109 Å². The van der Waals surface area contributed by atoms with E-state index in [9.17, 15) is 0 Å². The highest BCUT2D eigenvalue weighted by Crippen LogP contribution is 2.06. The molecule has 104 valence electrons. The van der Waals surface area contributed by atoms with Crippen molar-refractivity contribution in [2.45, 2.75) is 65.7 Å². The van der Waals surface area contributed by atoms with Gasteiger partial charge in [0.15, 0.2) is 0 Å². The van der Waals surface area contributed by atoms with E-state index < -0.39 is 0 Å². The highest BCUT2D eigenvalue weighted by Gasteiger charge is 1.99. The van der Waals surface area contributed by atoms with Gasteiger partial charge in [0.25, 0.3) is 0 Å². The molecule has 0 radical (unpaired) electrons. The predicted molar refractivity (Wildman–Crippen MR) is 76.5 cm³/mol. The molecule has 0 rings (SSSR count). The van der Waals surface area contributed by atoms with E-state index in [1.54, 1.807) is 0 Å². The Kier molecular flexibility index (Phi) is 13.9. The molecule has 0 aromatic rings. The third kappa shape index (κ3) is 13.9. The van der Waals surface area contributed by atoms with Crippen LogP contribution in [0.5, 0.6) is 0 Å². The fourth-order valence-corrected chi connectivity index (χ4v) is 1.97. The Morgan fingerprint density at radius 1 is 0.941 bits per heavy atom. The molecule has 0 spiro atoms. The van der Waals surface area contributed by atoms with Crippen LogP contribution in [0.15, 0.2) is 0 Å². The van der Waals surface area contributed by atoms with Crippen LogP contribution in [0.4, 0.5) is 0 Å². The Balaban J connectivity index is 2.98. The molecule has 1 atom stereocenters. The van der Waals surface area contributed by atoms with Crippen molar-refractivity contribution < 1.29 is 4.74 Å². The van der Waals surface area contributed by atoms with Crippen molar-refractivity contribution in [2.24, 2.45) is 5.92 Å². The summed E-state index contributed by atoms with van der Waals surface area (Å²) >= 11 is 0. The van der Waals surface area contributed by atoms with Crippen LogP contribution in [0.2, 0.25) is 0 Å². The highest BCUT2D eigenvalue weighted by atomic mass is 16.5. The maximum atomic E-state index is 5.68. The van der Waals surface area contributed by atoms with Crippen molar-refractivity contribution in [3.8, 4) is 0 Å². The molecule has 0 aromatic heterocycles. The summed E-state index contributed by atoms with van der Waals surface area (Å²) in [6, 6.07) is 0. The van der Waals surface area contributed by atoms with Gasteiger partial charge in [-0.3, -0.25) is 0 Å². The minimum Gasteiger partial charge on any atom is -0.381 e. The molecule has 0 aliphatic rings. The van der Waals surface area contributed by atoms with E-state index in [1.807, 2.05) is 0 Å². The van der Waals surface area contributed by atoms with E-state index in [2.05, 4.69) is 26.1 Å². The van der Waals surface area contributed by atoms with Gasteiger partial charge in [-0.15, -0.1) is 0 Å². The maximum Gasteiger partial charge on any atom is 0.0491 e. The van der Waals surface area contributed by atoms with Crippen LogP contribution in [-0.4, -0.2) is 26.3 Å². The Bertz CT molecular complexity index is 139. The van der Waals surface area contributed by atoms with Crippen LogP contribution in [0.1, 0.15) is 65.7 Å².